The molecule has 7 heteroatoms. The fourth-order valence-corrected chi connectivity index (χ4v) is 1.95. The normalized spacial score (nSPS) is 12.3. The first-order chi connectivity index (χ1) is 9.99. The fourth-order valence-electron chi connectivity index (χ4n) is 1.95. The van der Waals surface area contributed by atoms with E-state index < -0.39 is 0 Å². The van der Waals surface area contributed by atoms with Gasteiger partial charge in [-0.25, -0.2) is 0 Å². The maximum Gasteiger partial charge on any atom is 0.310 e. The first-order valence-corrected chi connectivity index (χ1v) is 7.17. The van der Waals surface area contributed by atoms with Gasteiger partial charge in [-0.3, -0.25) is 9.79 Å². The zero-order valence-corrected chi connectivity index (χ0v) is 16.3. The van der Waals surface area contributed by atoms with E-state index in [1.165, 1.54) is 12.8 Å². The Hall–Kier alpha value is -1.25. The minimum absolute atomic E-state index is 0. The highest BCUT2D eigenvalue weighted by Crippen LogP contribution is 2.05. The highest BCUT2D eigenvalue weighted by molar-refractivity contribution is 14.0. The lowest BCUT2D eigenvalue weighted by atomic mass is 10.2. The average molecular weight is 422 g/mol. The zero-order valence-electron chi connectivity index (χ0n) is 14.0. The van der Waals surface area contributed by atoms with E-state index in [4.69, 9.17) is 4.74 Å². The standard InChI is InChI=1S/C15H26N4O2.HI/c1-6-16-15(17-10-12(2)14(20)21-5)19(4)11-13-8-7-9-18(13)3;/h7-9,12H,6,10-11H2,1-5H3,(H,16,17);1H. The summed E-state index contributed by atoms with van der Waals surface area (Å²) in [5.41, 5.74) is 1.20. The van der Waals surface area contributed by atoms with Crippen LogP contribution >= 0.6 is 24.0 Å². The summed E-state index contributed by atoms with van der Waals surface area (Å²) in [6.45, 7) is 5.78. The molecular weight excluding hydrogens is 395 g/mol. The lowest BCUT2D eigenvalue weighted by molar-refractivity contribution is -0.144. The first-order valence-electron chi connectivity index (χ1n) is 7.17. The number of nitrogens with one attached hydrogen (secondary N) is 1. The van der Waals surface area contributed by atoms with E-state index in [0.29, 0.717) is 6.54 Å². The number of nitrogens with zero attached hydrogens (tertiary/aromatic N) is 3. The van der Waals surface area contributed by atoms with Gasteiger partial charge in [-0.1, -0.05) is 6.92 Å². The number of hydrogen-bond donors (Lipinski definition) is 1. The van der Waals surface area contributed by atoms with Crippen LogP contribution in [-0.4, -0.2) is 48.6 Å². The number of aryl methyl sites for hydroxylation is 1. The number of guanidine groups is 1. The minimum Gasteiger partial charge on any atom is -0.469 e. The molecule has 0 saturated heterocycles. The second-order valence-corrected chi connectivity index (χ2v) is 5.09. The number of carbonyl (C=O) groups is 1. The Bertz CT molecular complexity index is 488. The molecule has 6 nitrogen and oxygen atoms in total. The molecule has 1 atom stereocenters. The summed E-state index contributed by atoms with van der Waals surface area (Å²) in [6, 6.07) is 4.10. The molecule has 0 fully saturated rings. The number of carbonyl (C=O) groups excluding carboxylic acids is 1. The highest BCUT2D eigenvalue weighted by Gasteiger charge is 2.14. The van der Waals surface area contributed by atoms with Gasteiger partial charge in [-0.15, -0.1) is 24.0 Å². The third-order valence-electron chi connectivity index (χ3n) is 3.27. The third-order valence-corrected chi connectivity index (χ3v) is 3.27. The molecule has 0 amide bonds. The number of aliphatic imine (C=N–C) groups is 1. The Morgan fingerprint density at radius 3 is 2.73 bits per heavy atom. The Morgan fingerprint density at radius 2 is 2.23 bits per heavy atom. The van der Waals surface area contributed by atoms with E-state index in [0.717, 1.165) is 19.0 Å². The van der Waals surface area contributed by atoms with Gasteiger partial charge in [0.25, 0.3) is 0 Å². The summed E-state index contributed by atoms with van der Waals surface area (Å²) in [7, 11) is 5.40. The molecule has 0 radical (unpaired) electrons. The Labute approximate surface area is 149 Å². The zero-order chi connectivity index (χ0) is 15.8. The van der Waals surface area contributed by atoms with Crippen LogP contribution in [0, 0.1) is 5.92 Å². The number of halogens is 1. The van der Waals surface area contributed by atoms with E-state index >= 15 is 0 Å². The number of rotatable bonds is 6. The van der Waals surface area contributed by atoms with Crippen molar-refractivity contribution in [1.82, 2.24) is 14.8 Å². The average Bonchev–Trinajstić information content (AvgIpc) is 2.87. The fraction of sp³-hybridized carbons (Fsp3) is 0.600. The van der Waals surface area contributed by atoms with Crippen molar-refractivity contribution in [2.24, 2.45) is 18.0 Å². The maximum atomic E-state index is 11.4. The molecule has 0 aliphatic rings. The van der Waals surface area contributed by atoms with Crippen LogP contribution in [-0.2, 0) is 23.1 Å². The Morgan fingerprint density at radius 1 is 1.55 bits per heavy atom. The highest BCUT2D eigenvalue weighted by atomic mass is 127. The molecule has 1 aromatic heterocycles. The van der Waals surface area contributed by atoms with E-state index in [1.807, 2.05) is 45.1 Å². The van der Waals surface area contributed by atoms with Gasteiger partial charge in [0.1, 0.15) is 0 Å². The van der Waals surface area contributed by atoms with Crippen LogP contribution in [0.15, 0.2) is 23.3 Å². The molecule has 0 aliphatic heterocycles. The monoisotopic (exact) mass is 422 g/mol. The van der Waals surface area contributed by atoms with E-state index in [2.05, 4.69) is 20.9 Å². The Balaban J connectivity index is 0.00000441. The molecule has 22 heavy (non-hydrogen) atoms. The van der Waals surface area contributed by atoms with Gasteiger partial charge in [0.2, 0.25) is 0 Å². The first kappa shape index (κ1) is 20.8. The molecule has 0 aliphatic carbocycles. The van der Waals surface area contributed by atoms with Gasteiger partial charge < -0.3 is 19.5 Å². The van der Waals surface area contributed by atoms with Gasteiger partial charge in [0.05, 0.1) is 26.1 Å². The van der Waals surface area contributed by atoms with Crippen molar-refractivity contribution >= 4 is 35.9 Å². The van der Waals surface area contributed by atoms with Crippen LogP contribution in [0.2, 0.25) is 0 Å². The van der Waals surface area contributed by atoms with Gasteiger partial charge in [0.15, 0.2) is 5.96 Å². The van der Waals surface area contributed by atoms with Crippen molar-refractivity contribution in [2.75, 3.05) is 27.2 Å². The second kappa shape index (κ2) is 10.5. The van der Waals surface area contributed by atoms with Crippen molar-refractivity contribution in [2.45, 2.75) is 20.4 Å². The molecular formula is C15H27IN4O2. The van der Waals surface area contributed by atoms with Crippen molar-refractivity contribution in [3.05, 3.63) is 24.0 Å². The van der Waals surface area contributed by atoms with Gasteiger partial charge >= 0.3 is 5.97 Å². The summed E-state index contributed by atoms with van der Waals surface area (Å²) in [5, 5.41) is 3.24. The molecule has 1 rings (SSSR count). The topological polar surface area (TPSA) is 58.9 Å². The molecule has 1 heterocycles. The summed E-state index contributed by atoms with van der Waals surface area (Å²) in [6.07, 6.45) is 2.02. The molecule has 1 N–H and O–H groups in total. The second-order valence-electron chi connectivity index (χ2n) is 5.09. The molecule has 0 saturated carbocycles. The smallest absolute Gasteiger partial charge is 0.310 e. The van der Waals surface area contributed by atoms with Crippen molar-refractivity contribution < 1.29 is 9.53 Å². The van der Waals surface area contributed by atoms with Crippen LogP contribution in [0.1, 0.15) is 19.5 Å². The van der Waals surface area contributed by atoms with Crippen LogP contribution in [0.3, 0.4) is 0 Å². The molecule has 126 valence electrons. The number of ether oxygens (including phenoxy) is 1. The number of methoxy groups -OCH3 is 1. The van der Waals surface area contributed by atoms with Gasteiger partial charge in [-0.2, -0.15) is 0 Å². The lowest BCUT2D eigenvalue weighted by Gasteiger charge is -2.22. The molecule has 1 unspecified atom stereocenters. The van der Waals surface area contributed by atoms with Crippen LogP contribution in [0.25, 0.3) is 0 Å². The SMILES string of the molecule is CCNC(=NCC(C)C(=O)OC)N(C)Cc1cccn1C.I. The van der Waals surface area contributed by atoms with Gasteiger partial charge in [-0.05, 0) is 19.1 Å². The summed E-state index contributed by atoms with van der Waals surface area (Å²) < 4.78 is 6.80. The van der Waals surface area contributed by atoms with Crippen molar-refractivity contribution in [3.63, 3.8) is 0 Å². The minimum atomic E-state index is -0.243. The Kier molecular flexibility index (Phi) is 9.88. The van der Waals surface area contributed by atoms with E-state index in [1.54, 1.807) is 0 Å². The van der Waals surface area contributed by atoms with E-state index in [-0.39, 0.29) is 35.9 Å². The molecule has 0 aromatic carbocycles. The number of hydrogen-bond acceptors (Lipinski definition) is 3. The molecule has 1 aromatic rings. The van der Waals surface area contributed by atoms with Crippen LogP contribution in [0.5, 0.6) is 0 Å². The van der Waals surface area contributed by atoms with Gasteiger partial charge in [0, 0.05) is 32.5 Å². The third kappa shape index (κ3) is 6.25. The predicted molar refractivity (Wildman–Crippen MR) is 99.5 cm³/mol. The maximum absolute atomic E-state index is 11.4. The quantitative estimate of drug-likeness (QED) is 0.329. The summed E-state index contributed by atoms with van der Waals surface area (Å²) in [5.74, 6) is 0.307. The number of esters is 1. The summed E-state index contributed by atoms with van der Waals surface area (Å²) in [4.78, 5) is 18.0. The largest absolute Gasteiger partial charge is 0.469 e. The van der Waals surface area contributed by atoms with E-state index in [9.17, 15) is 4.79 Å². The lowest BCUT2D eigenvalue weighted by Crippen LogP contribution is -2.39. The molecule has 0 bridgehead atoms. The molecule has 0 spiro atoms. The van der Waals surface area contributed by atoms with Crippen LogP contribution < -0.4 is 5.32 Å². The van der Waals surface area contributed by atoms with Crippen molar-refractivity contribution in [3.8, 4) is 0 Å². The predicted octanol–water partition coefficient (Wildman–Crippen LogP) is 1.85. The number of aromatic nitrogens is 1. The summed E-state index contributed by atoms with van der Waals surface area (Å²) >= 11 is 0. The van der Waals surface area contributed by atoms with Crippen molar-refractivity contribution in [1.29, 1.82) is 0 Å². The van der Waals surface area contributed by atoms with Crippen LogP contribution in [0.4, 0.5) is 0 Å².